The van der Waals surface area contributed by atoms with E-state index in [1.807, 2.05) is 38.1 Å². The van der Waals surface area contributed by atoms with Crippen LogP contribution in [0.25, 0.3) is 5.69 Å². The first kappa shape index (κ1) is 16.5. The van der Waals surface area contributed by atoms with Crippen LogP contribution < -0.4 is 5.32 Å². The molecule has 0 radical (unpaired) electrons. The van der Waals surface area contributed by atoms with Gasteiger partial charge in [0.15, 0.2) is 0 Å². The summed E-state index contributed by atoms with van der Waals surface area (Å²) >= 11 is 0. The minimum absolute atomic E-state index is 0.0594. The van der Waals surface area contributed by atoms with Crippen molar-refractivity contribution in [2.24, 2.45) is 0 Å². The molecule has 0 aliphatic carbocycles. The summed E-state index contributed by atoms with van der Waals surface area (Å²) in [5.74, 6) is -1.43. The Labute approximate surface area is 145 Å². The summed E-state index contributed by atoms with van der Waals surface area (Å²) in [5, 5.41) is 11.9. The number of hydrogen-bond acceptors (Lipinski definition) is 2. The fourth-order valence-corrected chi connectivity index (χ4v) is 2.84. The Kier molecular flexibility index (Phi) is 4.39. The number of carbonyl (C=O) groups is 2. The molecule has 1 aromatic heterocycles. The molecule has 1 heterocycles. The molecule has 0 aliphatic heterocycles. The number of aromatic carboxylic acids is 1. The van der Waals surface area contributed by atoms with Crippen molar-refractivity contribution < 1.29 is 14.7 Å². The topological polar surface area (TPSA) is 71.3 Å². The Bertz CT molecular complexity index is 938. The van der Waals surface area contributed by atoms with Crippen LogP contribution in [-0.2, 0) is 0 Å². The lowest BCUT2D eigenvalue weighted by Gasteiger charge is -2.12. The Balaban J connectivity index is 1.92. The smallest absolute Gasteiger partial charge is 0.337 e. The highest BCUT2D eigenvalue weighted by molar-refractivity contribution is 6.07. The number of anilines is 1. The second-order valence-corrected chi connectivity index (χ2v) is 5.81. The van der Waals surface area contributed by atoms with Crippen molar-refractivity contribution in [3.8, 4) is 5.69 Å². The lowest BCUT2D eigenvalue weighted by atomic mass is 10.1. The van der Waals surface area contributed by atoms with E-state index < -0.39 is 5.97 Å². The molecule has 3 rings (SSSR count). The van der Waals surface area contributed by atoms with Gasteiger partial charge in [0.05, 0.1) is 11.3 Å². The van der Waals surface area contributed by atoms with Gasteiger partial charge in [0.1, 0.15) is 0 Å². The number of carboxylic acid groups (broad SMARTS) is 1. The second kappa shape index (κ2) is 6.65. The first-order chi connectivity index (χ1) is 12.0. The van der Waals surface area contributed by atoms with Crippen molar-refractivity contribution in [2.45, 2.75) is 13.8 Å². The zero-order chi connectivity index (χ0) is 18.0. The van der Waals surface area contributed by atoms with Gasteiger partial charge in [-0.25, -0.2) is 4.79 Å². The summed E-state index contributed by atoms with van der Waals surface area (Å²) in [6.07, 6.45) is 0. The third-order valence-corrected chi connectivity index (χ3v) is 4.04. The maximum atomic E-state index is 12.6. The lowest BCUT2D eigenvalue weighted by Crippen LogP contribution is -2.15. The zero-order valence-electron chi connectivity index (χ0n) is 14.0. The van der Waals surface area contributed by atoms with Gasteiger partial charge in [-0.15, -0.1) is 0 Å². The standard InChI is InChI=1S/C20H18N2O3/c1-13-10-11-14(2)22(13)16-7-5-6-15(12-16)19(23)21-18-9-4-3-8-17(18)20(24)25/h3-12H,1-2H3,(H,21,23)(H,24,25). The number of nitrogens with zero attached hydrogens (tertiary/aromatic N) is 1. The van der Waals surface area contributed by atoms with E-state index in [9.17, 15) is 14.7 Å². The van der Waals surface area contributed by atoms with Gasteiger partial charge in [-0.3, -0.25) is 4.79 Å². The van der Waals surface area contributed by atoms with Crippen LogP contribution in [0, 0.1) is 13.8 Å². The van der Waals surface area contributed by atoms with Crippen molar-refractivity contribution in [3.63, 3.8) is 0 Å². The van der Waals surface area contributed by atoms with Crippen molar-refractivity contribution in [2.75, 3.05) is 5.32 Å². The van der Waals surface area contributed by atoms with Crippen LogP contribution in [0.15, 0.2) is 60.7 Å². The molecule has 0 spiro atoms. The van der Waals surface area contributed by atoms with E-state index in [0.717, 1.165) is 17.1 Å². The van der Waals surface area contributed by atoms with Crippen molar-refractivity contribution in [3.05, 3.63) is 83.2 Å². The van der Waals surface area contributed by atoms with Crippen LogP contribution >= 0.6 is 0 Å². The molecule has 0 unspecified atom stereocenters. The highest BCUT2D eigenvalue weighted by atomic mass is 16.4. The molecule has 1 amide bonds. The molecule has 0 aliphatic rings. The largest absolute Gasteiger partial charge is 0.478 e. The van der Waals surface area contributed by atoms with Crippen LogP contribution in [0.1, 0.15) is 32.1 Å². The molecular formula is C20H18N2O3. The van der Waals surface area contributed by atoms with Crippen LogP contribution in [0.3, 0.4) is 0 Å². The number of aryl methyl sites for hydroxylation is 2. The quantitative estimate of drug-likeness (QED) is 0.756. The summed E-state index contributed by atoms with van der Waals surface area (Å²) in [6.45, 7) is 4.01. The van der Waals surface area contributed by atoms with E-state index in [1.165, 1.54) is 6.07 Å². The van der Waals surface area contributed by atoms with Gasteiger partial charge in [-0.05, 0) is 56.3 Å². The van der Waals surface area contributed by atoms with Crippen LogP contribution in [-0.4, -0.2) is 21.6 Å². The number of amides is 1. The number of para-hydroxylation sites is 1. The predicted molar refractivity (Wildman–Crippen MR) is 96.6 cm³/mol. The number of benzene rings is 2. The monoisotopic (exact) mass is 334 g/mol. The summed E-state index contributed by atoms with van der Waals surface area (Å²) in [7, 11) is 0. The van der Waals surface area contributed by atoms with Gasteiger partial charge < -0.3 is 15.0 Å². The van der Waals surface area contributed by atoms with E-state index in [4.69, 9.17) is 0 Å². The van der Waals surface area contributed by atoms with Crippen molar-refractivity contribution in [1.82, 2.24) is 4.57 Å². The number of nitrogens with one attached hydrogen (secondary N) is 1. The molecule has 3 aromatic rings. The van der Waals surface area contributed by atoms with Gasteiger partial charge in [0, 0.05) is 22.6 Å². The van der Waals surface area contributed by atoms with Crippen LogP contribution in [0.4, 0.5) is 5.69 Å². The van der Waals surface area contributed by atoms with Crippen molar-refractivity contribution >= 4 is 17.6 Å². The number of carbonyl (C=O) groups excluding carboxylic acids is 1. The maximum absolute atomic E-state index is 12.6. The summed E-state index contributed by atoms with van der Waals surface area (Å²) < 4.78 is 2.06. The van der Waals surface area contributed by atoms with Gasteiger partial charge in [-0.1, -0.05) is 18.2 Å². The predicted octanol–water partition coefficient (Wildman–Crippen LogP) is 4.04. The third-order valence-electron chi connectivity index (χ3n) is 4.04. The minimum atomic E-state index is -1.08. The Morgan fingerprint density at radius 1 is 0.920 bits per heavy atom. The van der Waals surface area contributed by atoms with E-state index >= 15 is 0 Å². The van der Waals surface area contributed by atoms with Crippen LogP contribution in [0.2, 0.25) is 0 Å². The van der Waals surface area contributed by atoms with E-state index in [0.29, 0.717) is 5.56 Å². The summed E-state index contributed by atoms with van der Waals surface area (Å²) in [4.78, 5) is 23.8. The number of aromatic nitrogens is 1. The highest BCUT2D eigenvalue weighted by Gasteiger charge is 2.14. The Morgan fingerprint density at radius 3 is 2.28 bits per heavy atom. The summed E-state index contributed by atoms with van der Waals surface area (Å²) in [5.41, 5.74) is 3.84. The average molecular weight is 334 g/mol. The van der Waals surface area contributed by atoms with Gasteiger partial charge in [-0.2, -0.15) is 0 Å². The fraction of sp³-hybridized carbons (Fsp3) is 0.100. The maximum Gasteiger partial charge on any atom is 0.337 e. The third kappa shape index (κ3) is 3.30. The van der Waals surface area contributed by atoms with Gasteiger partial charge in [0.2, 0.25) is 0 Å². The molecule has 2 N–H and O–H groups in total. The molecule has 5 nitrogen and oxygen atoms in total. The van der Waals surface area contributed by atoms with E-state index in [2.05, 4.69) is 9.88 Å². The molecule has 0 saturated heterocycles. The molecule has 0 atom stereocenters. The van der Waals surface area contributed by atoms with Crippen LogP contribution in [0.5, 0.6) is 0 Å². The number of rotatable bonds is 4. The molecule has 25 heavy (non-hydrogen) atoms. The zero-order valence-corrected chi connectivity index (χ0v) is 14.0. The fourth-order valence-electron chi connectivity index (χ4n) is 2.84. The Hall–Kier alpha value is -3.34. The minimum Gasteiger partial charge on any atom is -0.478 e. The van der Waals surface area contributed by atoms with Crippen molar-refractivity contribution in [1.29, 1.82) is 0 Å². The lowest BCUT2D eigenvalue weighted by molar-refractivity contribution is 0.0698. The first-order valence-corrected chi connectivity index (χ1v) is 7.86. The normalized spacial score (nSPS) is 10.5. The SMILES string of the molecule is Cc1ccc(C)n1-c1cccc(C(=O)Nc2ccccc2C(=O)O)c1. The molecular weight excluding hydrogens is 316 g/mol. The molecule has 126 valence electrons. The molecule has 5 heteroatoms. The number of hydrogen-bond donors (Lipinski definition) is 2. The highest BCUT2D eigenvalue weighted by Crippen LogP contribution is 2.20. The first-order valence-electron chi connectivity index (χ1n) is 7.86. The Morgan fingerprint density at radius 2 is 1.60 bits per heavy atom. The molecule has 0 saturated carbocycles. The molecule has 2 aromatic carbocycles. The molecule has 0 bridgehead atoms. The van der Waals surface area contributed by atoms with Gasteiger partial charge >= 0.3 is 5.97 Å². The average Bonchev–Trinajstić information content (AvgIpc) is 2.94. The van der Waals surface area contributed by atoms with E-state index in [1.54, 1.807) is 30.3 Å². The number of carboxylic acids is 1. The van der Waals surface area contributed by atoms with E-state index in [-0.39, 0.29) is 17.2 Å². The summed E-state index contributed by atoms with van der Waals surface area (Å²) in [6, 6.07) is 17.6. The molecule has 0 fully saturated rings. The van der Waals surface area contributed by atoms with Gasteiger partial charge in [0.25, 0.3) is 5.91 Å². The second-order valence-electron chi connectivity index (χ2n) is 5.81.